The highest BCUT2D eigenvalue weighted by Crippen LogP contribution is 2.36. The molecule has 1 aliphatic carbocycles. The molecule has 0 atom stereocenters. The zero-order valence-electron chi connectivity index (χ0n) is 8.91. The molecule has 1 aromatic heterocycles. The lowest BCUT2D eigenvalue weighted by Gasteiger charge is -2.11. The third-order valence-corrected chi connectivity index (χ3v) is 4.07. The highest BCUT2D eigenvalue weighted by Gasteiger charge is 2.28. The van der Waals surface area contributed by atoms with Crippen molar-refractivity contribution in [3.05, 3.63) is 16.0 Å². The van der Waals surface area contributed by atoms with Crippen molar-refractivity contribution in [1.82, 2.24) is 0 Å². The van der Waals surface area contributed by atoms with E-state index >= 15 is 0 Å². The average molecular weight is 256 g/mol. The quantitative estimate of drug-likeness (QED) is 0.653. The molecule has 0 aliphatic heterocycles. The Morgan fingerprint density at radius 2 is 2.25 bits per heavy atom. The number of ketones is 1. The smallest absolute Gasteiger partial charge is 0.348 e. The Morgan fingerprint density at radius 3 is 2.94 bits per heavy atom. The molecule has 0 bridgehead atoms. The number of esters is 1. The summed E-state index contributed by atoms with van der Waals surface area (Å²) in [5, 5.41) is 0. The van der Waals surface area contributed by atoms with Gasteiger partial charge in [0.2, 0.25) is 0 Å². The molecular weight excluding hydrogens is 244 g/mol. The van der Waals surface area contributed by atoms with Crippen LogP contribution in [0.1, 0.15) is 45.4 Å². The Labute approximate surface area is 103 Å². The standard InChI is InChI=1S/C11H12O3S2/c1-2-14-10(13)9-6-4-3-5-7(12)8(6)11(15)16-9/h15H,2-5H2,1H3. The molecule has 1 aliphatic rings. The minimum Gasteiger partial charge on any atom is -0.462 e. The van der Waals surface area contributed by atoms with Crippen LogP contribution in [0.4, 0.5) is 0 Å². The molecule has 0 saturated heterocycles. The van der Waals surface area contributed by atoms with Crippen molar-refractivity contribution < 1.29 is 14.3 Å². The van der Waals surface area contributed by atoms with Gasteiger partial charge in [-0.05, 0) is 25.3 Å². The maximum atomic E-state index is 11.7. The Balaban J connectivity index is 2.45. The topological polar surface area (TPSA) is 43.4 Å². The van der Waals surface area contributed by atoms with E-state index in [1.165, 1.54) is 11.3 Å². The number of carbonyl (C=O) groups excluding carboxylic acids is 2. The first kappa shape index (κ1) is 11.7. The lowest BCUT2D eigenvalue weighted by atomic mass is 9.93. The van der Waals surface area contributed by atoms with Gasteiger partial charge in [0, 0.05) is 12.0 Å². The van der Waals surface area contributed by atoms with Gasteiger partial charge < -0.3 is 4.74 Å². The third kappa shape index (κ3) is 1.89. The van der Waals surface area contributed by atoms with E-state index in [0.717, 1.165) is 18.4 Å². The van der Waals surface area contributed by atoms with Gasteiger partial charge in [-0.3, -0.25) is 4.79 Å². The molecule has 0 amide bonds. The van der Waals surface area contributed by atoms with Crippen molar-refractivity contribution >= 4 is 35.7 Å². The molecule has 0 unspecified atom stereocenters. The van der Waals surface area contributed by atoms with Crippen LogP contribution < -0.4 is 0 Å². The Morgan fingerprint density at radius 1 is 1.50 bits per heavy atom. The van der Waals surface area contributed by atoms with E-state index in [1.807, 2.05) is 0 Å². The van der Waals surface area contributed by atoms with Crippen molar-refractivity contribution in [2.24, 2.45) is 0 Å². The monoisotopic (exact) mass is 256 g/mol. The fourth-order valence-corrected chi connectivity index (χ4v) is 3.43. The average Bonchev–Trinajstić information content (AvgIpc) is 2.58. The molecule has 0 aromatic carbocycles. The fraction of sp³-hybridized carbons (Fsp3) is 0.455. The summed E-state index contributed by atoms with van der Waals surface area (Å²) in [6, 6.07) is 0. The van der Waals surface area contributed by atoms with E-state index < -0.39 is 0 Å². The number of hydrogen-bond donors (Lipinski definition) is 1. The Bertz CT molecular complexity index is 448. The minimum absolute atomic E-state index is 0.0954. The number of Topliss-reactive ketones (excluding diaryl/α,β-unsaturated/α-hetero) is 1. The summed E-state index contributed by atoms with van der Waals surface area (Å²) in [6.07, 6.45) is 2.13. The zero-order valence-corrected chi connectivity index (χ0v) is 10.6. The molecule has 2 rings (SSSR count). The summed E-state index contributed by atoms with van der Waals surface area (Å²) in [5.74, 6) is -0.239. The largest absolute Gasteiger partial charge is 0.462 e. The van der Waals surface area contributed by atoms with Gasteiger partial charge in [-0.15, -0.1) is 24.0 Å². The fourth-order valence-electron chi connectivity index (χ4n) is 1.89. The lowest BCUT2D eigenvalue weighted by Crippen LogP contribution is -2.13. The van der Waals surface area contributed by atoms with Crippen LogP contribution in [-0.4, -0.2) is 18.4 Å². The van der Waals surface area contributed by atoms with Gasteiger partial charge in [0.15, 0.2) is 5.78 Å². The van der Waals surface area contributed by atoms with E-state index in [9.17, 15) is 9.59 Å². The van der Waals surface area contributed by atoms with Crippen LogP contribution in [0.15, 0.2) is 4.21 Å². The number of rotatable bonds is 2. The highest BCUT2D eigenvalue weighted by atomic mass is 32.2. The van der Waals surface area contributed by atoms with Crippen LogP contribution in [0.25, 0.3) is 0 Å². The number of thiol groups is 1. The summed E-state index contributed by atoms with van der Waals surface area (Å²) in [4.78, 5) is 23.9. The van der Waals surface area contributed by atoms with Gasteiger partial charge in [-0.1, -0.05) is 0 Å². The molecule has 1 heterocycles. The summed E-state index contributed by atoms with van der Waals surface area (Å²) in [6.45, 7) is 2.12. The van der Waals surface area contributed by atoms with Gasteiger partial charge in [-0.2, -0.15) is 0 Å². The van der Waals surface area contributed by atoms with Crippen molar-refractivity contribution in [1.29, 1.82) is 0 Å². The van der Waals surface area contributed by atoms with E-state index in [-0.39, 0.29) is 11.8 Å². The second kappa shape index (κ2) is 4.59. The number of fused-ring (bicyclic) bond motifs is 1. The van der Waals surface area contributed by atoms with Gasteiger partial charge in [-0.25, -0.2) is 4.79 Å². The second-order valence-corrected chi connectivity index (χ2v) is 5.36. The minimum atomic E-state index is -0.334. The molecule has 16 heavy (non-hydrogen) atoms. The van der Waals surface area contributed by atoms with Crippen LogP contribution in [0.2, 0.25) is 0 Å². The van der Waals surface area contributed by atoms with E-state index in [1.54, 1.807) is 6.92 Å². The molecule has 3 nitrogen and oxygen atoms in total. The van der Waals surface area contributed by atoms with Crippen molar-refractivity contribution in [3.8, 4) is 0 Å². The Hall–Kier alpha value is -0.810. The molecule has 0 N–H and O–H groups in total. The van der Waals surface area contributed by atoms with E-state index in [0.29, 0.717) is 27.7 Å². The molecule has 0 spiro atoms. The Kier molecular flexibility index (Phi) is 3.35. The molecule has 86 valence electrons. The first-order valence-corrected chi connectivity index (χ1v) is 6.46. The van der Waals surface area contributed by atoms with Gasteiger partial charge in [0.05, 0.1) is 10.8 Å². The zero-order chi connectivity index (χ0) is 11.7. The maximum absolute atomic E-state index is 11.7. The van der Waals surface area contributed by atoms with Crippen LogP contribution in [-0.2, 0) is 11.2 Å². The molecule has 1 aromatic rings. The third-order valence-electron chi connectivity index (χ3n) is 2.56. The van der Waals surface area contributed by atoms with Crippen molar-refractivity contribution in [2.45, 2.75) is 30.4 Å². The molecule has 0 fully saturated rings. The summed E-state index contributed by atoms with van der Waals surface area (Å²) < 4.78 is 5.61. The summed E-state index contributed by atoms with van der Waals surface area (Å²) in [7, 11) is 0. The summed E-state index contributed by atoms with van der Waals surface area (Å²) in [5.41, 5.74) is 1.48. The maximum Gasteiger partial charge on any atom is 0.348 e. The first-order valence-electron chi connectivity index (χ1n) is 5.20. The van der Waals surface area contributed by atoms with Gasteiger partial charge >= 0.3 is 5.97 Å². The van der Waals surface area contributed by atoms with Crippen molar-refractivity contribution in [2.75, 3.05) is 6.61 Å². The summed E-state index contributed by atoms with van der Waals surface area (Å²) >= 11 is 5.52. The lowest BCUT2D eigenvalue weighted by molar-refractivity contribution is 0.0531. The predicted octanol–water partition coefficient (Wildman–Crippen LogP) is 2.73. The van der Waals surface area contributed by atoms with Crippen LogP contribution in [0.5, 0.6) is 0 Å². The van der Waals surface area contributed by atoms with Crippen LogP contribution in [0.3, 0.4) is 0 Å². The van der Waals surface area contributed by atoms with Crippen molar-refractivity contribution in [3.63, 3.8) is 0 Å². The molecular formula is C11H12O3S2. The number of ether oxygens (including phenoxy) is 1. The van der Waals surface area contributed by atoms with Gasteiger partial charge in [0.25, 0.3) is 0 Å². The normalized spacial score (nSPS) is 14.8. The molecule has 0 radical (unpaired) electrons. The van der Waals surface area contributed by atoms with Crippen LogP contribution in [0, 0.1) is 0 Å². The van der Waals surface area contributed by atoms with E-state index in [4.69, 9.17) is 4.74 Å². The van der Waals surface area contributed by atoms with Gasteiger partial charge in [0.1, 0.15) is 4.88 Å². The SMILES string of the molecule is CCOC(=O)c1sc(S)c2c1CCCC2=O. The number of thiophene rings is 1. The second-order valence-electron chi connectivity index (χ2n) is 3.59. The molecule has 0 saturated carbocycles. The predicted molar refractivity (Wildman–Crippen MR) is 64.8 cm³/mol. The number of hydrogen-bond acceptors (Lipinski definition) is 5. The molecule has 5 heteroatoms. The van der Waals surface area contributed by atoms with Crippen LogP contribution >= 0.6 is 24.0 Å². The first-order chi connectivity index (χ1) is 7.65. The van der Waals surface area contributed by atoms with E-state index in [2.05, 4.69) is 12.6 Å². The highest BCUT2D eigenvalue weighted by molar-refractivity contribution is 7.83. The number of carbonyl (C=O) groups is 2.